The van der Waals surface area contributed by atoms with Crippen molar-refractivity contribution in [3.63, 3.8) is 0 Å². The van der Waals surface area contributed by atoms with Crippen LogP contribution >= 0.6 is 0 Å². The fourth-order valence-electron chi connectivity index (χ4n) is 2.01. The van der Waals surface area contributed by atoms with E-state index in [4.69, 9.17) is 14.2 Å². The lowest BCUT2D eigenvalue weighted by Gasteiger charge is -2.34. The highest BCUT2D eigenvalue weighted by molar-refractivity contribution is 5.73. The van der Waals surface area contributed by atoms with E-state index < -0.39 is 36.3 Å². The number of carbonyl (C=O) groups is 3. The van der Waals surface area contributed by atoms with Gasteiger partial charge in [0.15, 0.2) is 12.2 Å². The van der Waals surface area contributed by atoms with Crippen molar-refractivity contribution >= 4 is 18.0 Å². The van der Waals surface area contributed by atoms with Crippen molar-refractivity contribution in [2.24, 2.45) is 0 Å². The summed E-state index contributed by atoms with van der Waals surface area (Å²) in [5.74, 6) is -0.993. The molecule has 0 N–H and O–H groups in total. The predicted molar refractivity (Wildman–Crippen MR) is 57.2 cm³/mol. The first-order chi connectivity index (χ1) is 8.49. The fourth-order valence-corrected chi connectivity index (χ4v) is 2.01. The van der Waals surface area contributed by atoms with Gasteiger partial charge >= 0.3 is 18.0 Å². The van der Waals surface area contributed by atoms with Crippen molar-refractivity contribution in [2.75, 3.05) is 6.61 Å². The number of hydrogen-bond donors (Lipinski definition) is 0. The Morgan fingerprint density at radius 1 is 1.33 bits per heavy atom. The number of fused-ring (bicyclic) bond motifs is 1. The minimum atomic E-state index is -0.747. The van der Waals surface area contributed by atoms with Crippen LogP contribution in [0, 0.1) is 0 Å². The summed E-state index contributed by atoms with van der Waals surface area (Å²) in [6, 6.07) is -0.462. The van der Waals surface area contributed by atoms with Gasteiger partial charge in [-0.05, 0) is 6.08 Å². The summed E-state index contributed by atoms with van der Waals surface area (Å²) in [5.41, 5.74) is 0. The highest BCUT2D eigenvalue weighted by atomic mass is 16.6. The van der Waals surface area contributed by atoms with Crippen molar-refractivity contribution in [3.8, 4) is 0 Å². The molecule has 98 valence electrons. The van der Waals surface area contributed by atoms with Crippen LogP contribution in [0.1, 0.15) is 13.8 Å². The molecule has 0 bridgehead atoms. The minimum absolute atomic E-state index is 0.0961. The Morgan fingerprint density at radius 2 is 2.00 bits per heavy atom. The summed E-state index contributed by atoms with van der Waals surface area (Å²) in [4.78, 5) is 34.8. The van der Waals surface area contributed by atoms with Gasteiger partial charge in [0.05, 0.1) is 0 Å². The number of amides is 1. The highest BCUT2D eigenvalue weighted by Gasteiger charge is 2.46. The van der Waals surface area contributed by atoms with Gasteiger partial charge in [-0.15, -0.1) is 0 Å². The number of rotatable bonds is 2. The molecule has 0 aromatic heterocycles. The number of cyclic esters (lactones) is 1. The lowest BCUT2D eigenvalue weighted by atomic mass is 10.0. The summed E-state index contributed by atoms with van der Waals surface area (Å²) in [7, 11) is 0. The molecule has 2 aliphatic heterocycles. The molecule has 1 unspecified atom stereocenters. The molecule has 0 saturated carbocycles. The largest absolute Gasteiger partial charge is 0.456 e. The van der Waals surface area contributed by atoms with Crippen LogP contribution in [0.2, 0.25) is 0 Å². The van der Waals surface area contributed by atoms with Crippen LogP contribution in [0.15, 0.2) is 12.3 Å². The number of nitrogens with zero attached hydrogens (tertiary/aromatic N) is 1. The monoisotopic (exact) mass is 255 g/mol. The van der Waals surface area contributed by atoms with E-state index in [1.807, 2.05) is 0 Å². The maximum Gasteiger partial charge on any atom is 0.414 e. The standard InChI is InChI=1S/C11H13NO6/c1-6(13)17-9-3-4-12-8(5-16-11(12)15)10(9)18-7(2)14/h3-4,8-10H,5H2,1-2H3/t8-,9?,10-/m1/s1. The van der Waals surface area contributed by atoms with E-state index in [9.17, 15) is 14.4 Å². The maximum atomic E-state index is 11.4. The topological polar surface area (TPSA) is 82.1 Å². The molecule has 1 fully saturated rings. The molecule has 1 saturated heterocycles. The number of hydrogen-bond acceptors (Lipinski definition) is 6. The molecule has 0 aliphatic carbocycles. The Morgan fingerprint density at radius 3 is 2.61 bits per heavy atom. The smallest absolute Gasteiger partial charge is 0.414 e. The lowest BCUT2D eigenvalue weighted by Crippen LogP contribution is -2.51. The molecular weight excluding hydrogens is 242 g/mol. The predicted octanol–water partition coefficient (Wildman–Crippen LogP) is 0.198. The number of esters is 2. The third-order valence-corrected chi connectivity index (χ3v) is 2.69. The molecule has 0 aromatic rings. The van der Waals surface area contributed by atoms with E-state index in [2.05, 4.69) is 0 Å². The van der Waals surface area contributed by atoms with E-state index in [1.54, 1.807) is 0 Å². The summed E-state index contributed by atoms with van der Waals surface area (Å²) in [5, 5.41) is 0. The third kappa shape index (κ3) is 2.29. The van der Waals surface area contributed by atoms with Gasteiger partial charge in [0.2, 0.25) is 0 Å². The van der Waals surface area contributed by atoms with Crippen LogP contribution in [0.4, 0.5) is 4.79 Å². The van der Waals surface area contributed by atoms with Gasteiger partial charge in [-0.3, -0.25) is 14.5 Å². The van der Waals surface area contributed by atoms with Crippen LogP contribution in [0.25, 0.3) is 0 Å². The first-order valence-electron chi connectivity index (χ1n) is 5.47. The zero-order valence-corrected chi connectivity index (χ0v) is 9.99. The van der Waals surface area contributed by atoms with Gasteiger partial charge in [-0.2, -0.15) is 0 Å². The van der Waals surface area contributed by atoms with E-state index in [1.165, 1.54) is 31.0 Å². The van der Waals surface area contributed by atoms with Crippen LogP contribution in [-0.4, -0.2) is 47.8 Å². The van der Waals surface area contributed by atoms with Gasteiger partial charge in [-0.1, -0.05) is 0 Å². The summed E-state index contributed by atoms with van der Waals surface area (Å²) in [6.07, 6.45) is 1.02. The highest BCUT2D eigenvalue weighted by Crippen LogP contribution is 2.26. The Balaban J connectivity index is 2.22. The fraction of sp³-hybridized carbons (Fsp3) is 0.545. The van der Waals surface area contributed by atoms with Crippen molar-refractivity contribution in [1.29, 1.82) is 0 Å². The molecule has 7 heteroatoms. The Bertz CT molecular complexity index is 418. The number of ether oxygens (including phenoxy) is 3. The first-order valence-corrected chi connectivity index (χ1v) is 5.47. The molecule has 7 nitrogen and oxygen atoms in total. The Kier molecular flexibility index (Phi) is 3.22. The molecule has 3 atom stereocenters. The van der Waals surface area contributed by atoms with E-state index in [0.717, 1.165) is 0 Å². The van der Waals surface area contributed by atoms with Crippen LogP contribution in [0.5, 0.6) is 0 Å². The van der Waals surface area contributed by atoms with Gasteiger partial charge < -0.3 is 14.2 Å². The van der Waals surface area contributed by atoms with Crippen molar-refractivity contribution in [3.05, 3.63) is 12.3 Å². The maximum absolute atomic E-state index is 11.4. The molecule has 2 aliphatic rings. The molecule has 2 heterocycles. The summed E-state index contributed by atoms with van der Waals surface area (Å²) < 4.78 is 15.0. The van der Waals surface area contributed by atoms with Gasteiger partial charge in [-0.25, -0.2) is 4.79 Å². The average Bonchev–Trinajstić information content (AvgIpc) is 2.63. The lowest BCUT2D eigenvalue weighted by molar-refractivity contribution is -0.166. The van der Waals surface area contributed by atoms with Gasteiger partial charge in [0.25, 0.3) is 0 Å². The van der Waals surface area contributed by atoms with Crippen molar-refractivity contribution in [1.82, 2.24) is 4.90 Å². The van der Waals surface area contributed by atoms with Crippen LogP contribution in [0.3, 0.4) is 0 Å². The second kappa shape index (κ2) is 4.67. The summed E-state index contributed by atoms with van der Waals surface area (Å²) >= 11 is 0. The van der Waals surface area contributed by atoms with E-state index >= 15 is 0 Å². The van der Waals surface area contributed by atoms with Crippen molar-refractivity contribution < 1.29 is 28.6 Å². The molecular formula is C11H13NO6. The first kappa shape index (κ1) is 12.4. The number of carbonyl (C=O) groups excluding carboxylic acids is 3. The molecule has 18 heavy (non-hydrogen) atoms. The van der Waals surface area contributed by atoms with E-state index in [0.29, 0.717) is 0 Å². The molecule has 0 radical (unpaired) electrons. The zero-order chi connectivity index (χ0) is 13.3. The Hall–Kier alpha value is -2.05. The van der Waals surface area contributed by atoms with Crippen molar-refractivity contribution in [2.45, 2.75) is 32.1 Å². The molecule has 0 spiro atoms. The van der Waals surface area contributed by atoms with Gasteiger partial charge in [0.1, 0.15) is 12.6 Å². The van der Waals surface area contributed by atoms with Crippen LogP contribution in [-0.2, 0) is 23.8 Å². The SMILES string of the molecule is CC(=O)OC1C=CN2C(=O)OC[C@@H]2[C@H]1OC(C)=O. The third-order valence-electron chi connectivity index (χ3n) is 2.69. The van der Waals surface area contributed by atoms with Crippen LogP contribution < -0.4 is 0 Å². The molecule has 2 rings (SSSR count). The van der Waals surface area contributed by atoms with Gasteiger partial charge in [0, 0.05) is 20.0 Å². The second-order valence-corrected chi connectivity index (χ2v) is 4.04. The molecule has 1 amide bonds. The zero-order valence-electron chi connectivity index (χ0n) is 9.99. The second-order valence-electron chi connectivity index (χ2n) is 4.04. The summed E-state index contributed by atoms with van der Waals surface area (Å²) in [6.45, 7) is 2.62. The molecule has 0 aromatic carbocycles. The average molecular weight is 255 g/mol. The Labute approximate surface area is 103 Å². The quantitative estimate of drug-likeness (QED) is 0.517. The minimum Gasteiger partial charge on any atom is -0.456 e. The normalized spacial score (nSPS) is 29.6. The van der Waals surface area contributed by atoms with E-state index in [-0.39, 0.29) is 6.61 Å².